The highest BCUT2D eigenvalue weighted by Gasteiger charge is 2.15. The van der Waals surface area contributed by atoms with Crippen LogP contribution in [0.15, 0.2) is 60.7 Å². The van der Waals surface area contributed by atoms with Crippen molar-refractivity contribution in [3.8, 4) is 17.6 Å². The van der Waals surface area contributed by atoms with Gasteiger partial charge in [0.2, 0.25) is 0 Å². The van der Waals surface area contributed by atoms with Crippen molar-refractivity contribution in [1.29, 1.82) is 0 Å². The fourth-order valence-corrected chi connectivity index (χ4v) is 2.68. The van der Waals surface area contributed by atoms with E-state index in [2.05, 4.69) is 17.2 Å². The maximum atomic E-state index is 13.5. The third kappa shape index (κ3) is 3.84. The molecule has 3 rings (SSSR count). The summed E-state index contributed by atoms with van der Waals surface area (Å²) in [5.74, 6) is 5.39. The molecule has 1 N–H and O–H groups in total. The molecule has 0 aliphatic carbocycles. The van der Waals surface area contributed by atoms with E-state index >= 15 is 0 Å². The Morgan fingerprint density at radius 2 is 1.85 bits per heavy atom. The molecule has 1 amide bonds. The maximum absolute atomic E-state index is 13.5. The lowest BCUT2D eigenvalue weighted by atomic mass is 10.0. The van der Waals surface area contributed by atoms with Gasteiger partial charge in [0.05, 0.1) is 24.3 Å². The van der Waals surface area contributed by atoms with Crippen molar-refractivity contribution in [1.82, 2.24) is 5.32 Å². The molecule has 0 saturated carbocycles. The molecular weight excluding hydrogens is 329 g/mol. The average molecular weight is 347 g/mol. The van der Waals surface area contributed by atoms with Crippen molar-refractivity contribution in [2.24, 2.45) is 0 Å². The molecule has 0 saturated heterocycles. The molecule has 0 atom stereocenters. The van der Waals surface area contributed by atoms with Crippen molar-refractivity contribution in [2.75, 3.05) is 13.2 Å². The minimum Gasteiger partial charge on any atom is -0.493 e. The van der Waals surface area contributed by atoms with Crippen LogP contribution in [-0.4, -0.2) is 19.1 Å². The first-order valence-corrected chi connectivity index (χ1v) is 8.37. The largest absolute Gasteiger partial charge is 0.493 e. The van der Waals surface area contributed by atoms with Crippen LogP contribution in [0.25, 0.3) is 10.8 Å². The molecule has 0 radical (unpaired) electrons. The Balaban J connectivity index is 1.82. The van der Waals surface area contributed by atoms with Crippen LogP contribution >= 0.6 is 0 Å². The molecule has 4 heteroatoms. The summed E-state index contributed by atoms with van der Waals surface area (Å²) in [6.07, 6.45) is 0. The summed E-state index contributed by atoms with van der Waals surface area (Å²) in [5, 5.41) is 4.54. The summed E-state index contributed by atoms with van der Waals surface area (Å²) >= 11 is 0. The number of carbonyl (C=O) groups excluding carboxylic acids is 1. The molecule has 3 nitrogen and oxygen atoms in total. The highest BCUT2D eigenvalue weighted by Crippen LogP contribution is 2.28. The number of halogens is 1. The van der Waals surface area contributed by atoms with E-state index in [9.17, 15) is 9.18 Å². The molecule has 0 bridgehead atoms. The number of amides is 1. The Morgan fingerprint density at radius 3 is 2.65 bits per heavy atom. The zero-order valence-corrected chi connectivity index (χ0v) is 14.4. The number of hydrogen-bond acceptors (Lipinski definition) is 2. The first kappa shape index (κ1) is 17.5. The fraction of sp³-hybridized carbons (Fsp3) is 0.136. The lowest BCUT2D eigenvalue weighted by molar-refractivity contribution is 0.0956. The van der Waals surface area contributed by atoms with Gasteiger partial charge in [-0.05, 0) is 35.9 Å². The molecule has 3 aromatic rings. The number of carbonyl (C=O) groups is 1. The molecule has 0 fully saturated rings. The quantitative estimate of drug-likeness (QED) is 0.720. The Labute approximate surface area is 151 Å². The van der Waals surface area contributed by atoms with Crippen LogP contribution in [-0.2, 0) is 0 Å². The standard InChI is InChI=1S/C22H18FNO2/c1-2-26-20-14-13-16-8-3-5-11-18(16)21(20)22(25)24-15-7-10-17-9-4-6-12-19(17)23/h3-6,8-9,11-14H,2,15H2,1H3,(H,24,25). The second-order valence-electron chi connectivity index (χ2n) is 5.56. The molecule has 0 heterocycles. The SMILES string of the molecule is CCOc1ccc2ccccc2c1C(=O)NCC#Cc1ccccc1F. The van der Waals surface area contributed by atoms with E-state index in [0.717, 1.165) is 10.8 Å². The first-order chi connectivity index (χ1) is 12.7. The molecule has 130 valence electrons. The fourth-order valence-electron chi connectivity index (χ4n) is 2.68. The Hall–Kier alpha value is -3.32. The summed E-state index contributed by atoms with van der Waals surface area (Å²) in [5.41, 5.74) is 0.791. The predicted molar refractivity (Wildman–Crippen MR) is 101 cm³/mol. The van der Waals surface area contributed by atoms with E-state index < -0.39 is 0 Å². The Morgan fingerprint density at radius 1 is 1.08 bits per heavy atom. The van der Waals surface area contributed by atoms with E-state index in [0.29, 0.717) is 23.5 Å². The Kier molecular flexibility index (Phi) is 5.50. The van der Waals surface area contributed by atoms with Gasteiger partial charge in [-0.3, -0.25) is 4.79 Å². The second kappa shape index (κ2) is 8.17. The molecule has 0 aromatic heterocycles. The third-order valence-electron chi connectivity index (χ3n) is 3.85. The summed E-state index contributed by atoms with van der Waals surface area (Å²) in [6, 6.07) is 17.6. The molecule has 0 unspecified atom stereocenters. The number of benzene rings is 3. The molecule has 0 aliphatic rings. The van der Waals surface area contributed by atoms with Crippen LogP contribution in [0, 0.1) is 17.7 Å². The van der Waals surface area contributed by atoms with Gasteiger partial charge in [-0.15, -0.1) is 0 Å². The van der Waals surface area contributed by atoms with Gasteiger partial charge in [0.25, 0.3) is 5.91 Å². The van der Waals surface area contributed by atoms with E-state index in [4.69, 9.17) is 4.74 Å². The Bertz CT molecular complexity index is 1000. The van der Waals surface area contributed by atoms with Gasteiger partial charge in [0.15, 0.2) is 0 Å². The zero-order chi connectivity index (χ0) is 18.4. The number of ether oxygens (including phenoxy) is 1. The van der Waals surface area contributed by atoms with Gasteiger partial charge < -0.3 is 10.1 Å². The van der Waals surface area contributed by atoms with E-state index in [-0.39, 0.29) is 18.3 Å². The predicted octanol–water partition coefficient (Wildman–Crippen LogP) is 4.16. The van der Waals surface area contributed by atoms with Gasteiger partial charge in [0.1, 0.15) is 11.6 Å². The monoisotopic (exact) mass is 347 g/mol. The van der Waals surface area contributed by atoms with Gasteiger partial charge in [-0.2, -0.15) is 0 Å². The smallest absolute Gasteiger partial charge is 0.256 e. The number of nitrogens with one attached hydrogen (secondary N) is 1. The molecule has 0 aliphatic heterocycles. The van der Waals surface area contributed by atoms with Crippen LogP contribution in [0.3, 0.4) is 0 Å². The maximum Gasteiger partial charge on any atom is 0.256 e. The molecular formula is C22H18FNO2. The molecule has 3 aromatic carbocycles. The zero-order valence-electron chi connectivity index (χ0n) is 14.4. The second-order valence-corrected chi connectivity index (χ2v) is 5.56. The minimum atomic E-state index is -0.376. The van der Waals surface area contributed by atoms with Crippen LogP contribution < -0.4 is 10.1 Å². The van der Waals surface area contributed by atoms with Crippen molar-refractivity contribution in [3.63, 3.8) is 0 Å². The number of fused-ring (bicyclic) bond motifs is 1. The highest BCUT2D eigenvalue weighted by molar-refractivity contribution is 6.09. The summed E-state index contributed by atoms with van der Waals surface area (Å²) in [6.45, 7) is 2.45. The van der Waals surface area contributed by atoms with E-state index in [1.165, 1.54) is 6.07 Å². The molecule has 0 spiro atoms. The van der Waals surface area contributed by atoms with Gasteiger partial charge in [-0.1, -0.05) is 54.3 Å². The van der Waals surface area contributed by atoms with Crippen molar-refractivity contribution in [3.05, 3.63) is 77.6 Å². The highest BCUT2D eigenvalue weighted by atomic mass is 19.1. The van der Waals surface area contributed by atoms with Crippen LogP contribution in [0.5, 0.6) is 5.75 Å². The van der Waals surface area contributed by atoms with E-state index in [1.807, 2.05) is 37.3 Å². The van der Waals surface area contributed by atoms with Crippen molar-refractivity contribution >= 4 is 16.7 Å². The van der Waals surface area contributed by atoms with Crippen LogP contribution in [0.1, 0.15) is 22.8 Å². The molecule has 26 heavy (non-hydrogen) atoms. The van der Waals surface area contributed by atoms with Crippen molar-refractivity contribution in [2.45, 2.75) is 6.92 Å². The van der Waals surface area contributed by atoms with Gasteiger partial charge in [0, 0.05) is 0 Å². The minimum absolute atomic E-state index is 0.113. The average Bonchev–Trinajstić information content (AvgIpc) is 2.66. The lowest BCUT2D eigenvalue weighted by Crippen LogP contribution is -2.24. The summed E-state index contributed by atoms with van der Waals surface area (Å²) in [4.78, 5) is 12.7. The van der Waals surface area contributed by atoms with E-state index in [1.54, 1.807) is 24.3 Å². The van der Waals surface area contributed by atoms with Gasteiger partial charge >= 0.3 is 0 Å². The van der Waals surface area contributed by atoms with Gasteiger partial charge in [-0.25, -0.2) is 4.39 Å². The number of hydrogen-bond donors (Lipinski definition) is 1. The first-order valence-electron chi connectivity index (χ1n) is 8.37. The lowest BCUT2D eigenvalue weighted by Gasteiger charge is -2.12. The van der Waals surface area contributed by atoms with Crippen LogP contribution in [0.2, 0.25) is 0 Å². The third-order valence-corrected chi connectivity index (χ3v) is 3.85. The number of rotatable bonds is 4. The summed E-state index contributed by atoms with van der Waals surface area (Å²) < 4.78 is 19.2. The summed E-state index contributed by atoms with van der Waals surface area (Å²) in [7, 11) is 0. The van der Waals surface area contributed by atoms with Crippen molar-refractivity contribution < 1.29 is 13.9 Å². The topological polar surface area (TPSA) is 38.3 Å². The normalized spacial score (nSPS) is 10.1. The van der Waals surface area contributed by atoms with Crippen LogP contribution in [0.4, 0.5) is 4.39 Å².